The molecule has 18 heavy (non-hydrogen) atoms. The average Bonchev–Trinajstić information content (AvgIpc) is 2.38. The maximum absolute atomic E-state index is 9.61. The molecule has 1 unspecified atom stereocenters. The van der Waals surface area contributed by atoms with Gasteiger partial charge in [-0.1, -0.05) is 0 Å². The average molecular weight is 249 g/mol. The SMILES string of the molecule is Cc1cc(CN)cnc1N1CCC(C(C)O)CC1. The van der Waals surface area contributed by atoms with Crippen LogP contribution in [0.1, 0.15) is 30.9 Å². The Labute approximate surface area is 109 Å². The normalized spacial score (nSPS) is 19.0. The summed E-state index contributed by atoms with van der Waals surface area (Å²) in [6, 6.07) is 2.11. The van der Waals surface area contributed by atoms with Crippen LogP contribution < -0.4 is 10.6 Å². The van der Waals surface area contributed by atoms with Crippen LogP contribution in [0.3, 0.4) is 0 Å². The van der Waals surface area contributed by atoms with E-state index in [1.807, 2.05) is 13.1 Å². The molecule has 1 aliphatic rings. The Morgan fingerprint density at radius 3 is 2.67 bits per heavy atom. The first-order valence-corrected chi connectivity index (χ1v) is 6.70. The minimum atomic E-state index is -0.194. The van der Waals surface area contributed by atoms with Crippen molar-refractivity contribution in [2.24, 2.45) is 11.7 Å². The van der Waals surface area contributed by atoms with E-state index in [2.05, 4.69) is 22.9 Å². The summed E-state index contributed by atoms with van der Waals surface area (Å²) in [7, 11) is 0. The zero-order chi connectivity index (χ0) is 13.1. The molecular weight excluding hydrogens is 226 g/mol. The summed E-state index contributed by atoms with van der Waals surface area (Å²) in [5, 5.41) is 9.61. The van der Waals surface area contributed by atoms with E-state index in [0.29, 0.717) is 12.5 Å². The number of nitrogens with two attached hydrogens (primary N) is 1. The number of pyridine rings is 1. The molecule has 3 N–H and O–H groups in total. The van der Waals surface area contributed by atoms with Gasteiger partial charge < -0.3 is 15.7 Å². The van der Waals surface area contributed by atoms with Crippen LogP contribution in [-0.4, -0.2) is 29.3 Å². The van der Waals surface area contributed by atoms with E-state index < -0.39 is 0 Å². The molecule has 4 heteroatoms. The highest BCUT2D eigenvalue weighted by Gasteiger charge is 2.23. The van der Waals surface area contributed by atoms with E-state index in [1.165, 1.54) is 5.56 Å². The predicted octanol–water partition coefficient (Wildman–Crippen LogP) is 1.45. The lowest BCUT2D eigenvalue weighted by Gasteiger charge is -2.34. The van der Waals surface area contributed by atoms with Gasteiger partial charge in [0.25, 0.3) is 0 Å². The van der Waals surface area contributed by atoms with Crippen molar-refractivity contribution in [1.82, 2.24) is 4.98 Å². The topological polar surface area (TPSA) is 62.4 Å². The standard InChI is InChI=1S/C14H23N3O/c1-10-7-12(8-15)9-16-14(10)17-5-3-13(4-6-17)11(2)18/h7,9,11,13,18H,3-6,8,15H2,1-2H3. The molecule has 4 nitrogen and oxygen atoms in total. The van der Waals surface area contributed by atoms with Crippen LogP contribution in [0, 0.1) is 12.8 Å². The van der Waals surface area contributed by atoms with Crippen LogP contribution in [0.15, 0.2) is 12.3 Å². The second kappa shape index (κ2) is 5.67. The van der Waals surface area contributed by atoms with Gasteiger partial charge in [0.1, 0.15) is 5.82 Å². The quantitative estimate of drug-likeness (QED) is 0.851. The first kappa shape index (κ1) is 13.3. The Morgan fingerprint density at radius 2 is 2.17 bits per heavy atom. The Balaban J connectivity index is 2.05. The van der Waals surface area contributed by atoms with Gasteiger partial charge in [-0.3, -0.25) is 0 Å². The number of hydrogen-bond donors (Lipinski definition) is 2. The molecular formula is C14H23N3O. The number of aromatic nitrogens is 1. The Kier molecular flexibility index (Phi) is 4.19. The summed E-state index contributed by atoms with van der Waals surface area (Å²) in [5.41, 5.74) is 7.88. The van der Waals surface area contributed by atoms with Crippen LogP contribution in [-0.2, 0) is 6.54 Å². The van der Waals surface area contributed by atoms with Crippen LogP contribution in [0.2, 0.25) is 0 Å². The fraction of sp³-hybridized carbons (Fsp3) is 0.643. The number of rotatable bonds is 3. The molecule has 2 rings (SSSR count). The Hall–Kier alpha value is -1.13. The summed E-state index contributed by atoms with van der Waals surface area (Å²) in [6.07, 6.45) is 3.75. The molecule has 0 spiro atoms. The number of aliphatic hydroxyl groups excluding tert-OH is 1. The molecule has 0 radical (unpaired) electrons. The number of aliphatic hydroxyl groups is 1. The van der Waals surface area contributed by atoms with Gasteiger partial charge in [0.05, 0.1) is 6.10 Å². The monoisotopic (exact) mass is 249 g/mol. The number of nitrogens with zero attached hydrogens (tertiary/aromatic N) is 2. The summed E-state index contributed by atoms with van der Waals surface area (Å²) in [4.78, 5) is 6.84. The van der Waals surface area contributed by atoms with Gasteiger partial charge >= 0.3 is 0 Å². The van der Waals surface area contributed by atoms with Crippen LogP contribution in [0.4, 0.5) is 5.82 Å². The van der Waals surface area contributed by atoms with Gasteiger partial charge in [0, 0.05) is 25.8 Å². The molecule has 1 saturated heterocycles. The third kappa shape index (κ3) is 2.82. The molecule has 0 aliphatic carbocycles. The van der Waals surface area contributed by atoms with E-state index in [1.54, 1.807) is 0 Å². The Bertz CT molecular complexity index is 398. The summed E-state index contributed by atoms with van der Waals surface area (Å²) < 4.78 is 0. The summed E-state index contributed by atoms with van der Waals surface area (Å²) in [5.74, 6) is 1.50. The van der Waals surface area contributed by atoms with Gasteiger partial charge in [0.2, 0.25) is 0 Å². The fourth-order valence-electron chi connectivity index (χ4n) is 2.66. The molecule has 1 fully saturated rings. The third-order valence-electron chi connectivity index (χ3n) is 3.86. The van der Waals surface area contributed by atoms with E-state index in [0.717, 1.165) is 37.3 Å². The van der Waals surface area contributed by atoms with Gasteiger partial charge in [-0.25, -0.2) is 4.98 Å². The second-order valence-corrected chi connectivity index (χ2v) is 5.25. The minimum absolute atomic E-state index is 0.194. The second-order valence-electron chi connectivity index (χ2n) is 5.25. The van der Waals surface area contributed by atoms with Gasteiger partial charge in [-0.05, 0) is 49.8 Å². The predicted molar refractivity (Wildman–Crippen MR) is 73.5 cm³/mol. The minimum Gasteiger partial charge on any atom is -0.393 e. The highest BCUT2D eigenvalue weighted by molar-refractivity contribution is 5.47. The van der Waals surface area contributed by atoms with Crippen molar-refractivity contribution < 1.29 is 5.11 Å². The fourth-order valence-corrected chi connectivity index (χ4v) is 2.66. The van der Waals surface area contributed by atoms with E-state index in [4.69, 9.17) is 5.73 Å². The lowest BCUT2D eigenvalue weighted by atomic mass is 9.92. The number of piperidine rings is 1. The zero-order valence-corrected chi connectivity index (χ0v) is 11.3. The van der Waals surface area contributed by atoms with Crippen molar-refractivity contribution in [2.45, 2.75) is 39.3 Å². The molecule has 1 aromatic rings. The number of aryl methyl sites for hydroxylation is 1. The molecule has 1 aliphatic heterocycles. The largest absolute Gasteiger partial charge is 0.393 e. The highest BCUT2D eigenvalue weighted by atomic mass is 16.3. The van der Waals surface area contributed by atoms with Crippen molar-refractivity contribution in [1.29, 1.82) is 0 Å². The van der Waals surface area contributed by atoms with E-state index >= 15 is 0 Å². The van der Waals surface area contributed by atoms with Crippen molar-refractivity contribution in [2.75, 3.05) is 18.0 Å². The maximum Gasteiger partial charge on any atom is 0.131 e. The Morgan fingerprint density at radius 1 is 1.50 bits per heavy atom. The molecule has 0 amide bonds. The van der Waals surface area contributed by atoms with E-state index in [9.17, 15) is 5.11 Å². The van der Waals surface area contributed by atoms with Crippen molar-refractivity contribution in [3.63, 3.8) is 0 Å². The van der Waals surface area contributed by atoms with Gasteiger partial charge in [-0.15, -0.1) is 0 Å². The van der Waals surface area contributed by atoms with Crippen molar-refractivity contribution >= 4 is 5.82 Å². The molecule has 1 aromatic heterocycles. The van der Waals surface area contributed by atoms with Crippen LogP contribution in [0.25, 0.3) is 0 Å². The lowest BCUT2D eigenvalue weighted by Crippen LogP contribution is -2.37. The van der Waals surface area contributed by atoms with Gasteiger partial charge in [-0.2, -0.15) is 0 Å². The smallest absolute Gasteiger partial charge is 0.131 e. The molecule has 0 bridgehead atoms. The molecule has 2 heterocycles. The van der Waals surface area contributed by atoms with E-state index in [-0.39, 0.29) is 6.10 Å². The molecule has 1 atom stereocenters. The summed E-state index contributed by atoms with van der Waals surface area (Å²) >= 11 is 0. The van der Waals surface area contributed by atoms with Crippen molar-refractivity contribution in [3.05, 3.63) is 23.4 Å². The number of anilines is 1. The molecule has 0 saturated carbocycles. The van der Waals surface area contributed by atoms with Crippen molar-refractivity contribution in [3.8, 4) is 0 Å². The highest BCUT2D eigenvalue weighted by Crippen LogP contribution is 2.26. The van der Waals surface area contributed by atoms with Crippen LogP contribution >= 0.6 is 0 Å². The zero-order valence-electron chi connectivity index (χ0n) is 11.3. The van der Waals surface area contributed by atoms with Crippen LogP contribution in [0.5, 0.6) is 0 Å². The molecule has 100 valence electrons. The summed E-state index contributed by atoms with van der Waals surface area (Å²) in [6.45, 7) is 6.47. The number of hydrogen-bond acceptors (Lipinski definition) is 4. The molecule has 0 aromatic carbocycles. The van der Waals surface area contributed by atoms with Gasteiger partial charge in [0.15, 0.2) is 0 Å². The lowest BCUT2D eigenvalue weighted by molar-refractivity contribution is 0.110. The third-order valence-corrected chi connectivity index (χ3v) is 3.86. The first-order valence-electron chi connectivity index (χ1n) is 6.70. The first-order chi connectivity index (χ1) is 8.61. The maximum atomic E-state index is 9.61.